The Bertz CT molecular complexity index is 183. The molecule has 0 N–H and O–H groups in total. The fourth-order valence-electron chi connectivity index (χ4n) is 0.642. The summed E-state index contributed by atoms with van der Waals surface area (Å²) in [5.41, 5.74) is 0. The first-order valence-corrected chi connectivity index (χ1v) is 18.5. The van der Waals surface area contributed by atoms with Crippen molar-refractivity contribution in [2.45, 2.75) is 0 Å². The van der Waals surface area contributed by atoms with Crippen molar-refractivity contribution in [2.75, 3.05) is 0 Å². The van der Waals surface area contributed by atoms with Gasteiger partial charge in [0.25, 0.3) is 0 Å². The van der Waals surface area contributed by atoms with Crippen molar-refractivity contribution in [3.05, 3.63) is 60.7 Å². The van der Waals surface area contributed by atoms with Crippen molar-refractivity contribution in [3.63, 3.8) is 0 Å². The molecule has 0 heterocycles. The van der Waals surface area contributed by atoms with Gasteiger partial charge in [0.2, 0.25) is 0 Å². The first-order valence-electron chi connectivity index (χ1n) is 3.95. The van der Waals surface area contributed by atoms with Crippen LogP contribution >= 0.6 is 37.7 Å². The minimum absolute atomic E-state index is 0.806. The fraction of sp³-hybridized carbons (Fsp3) is 0. The zero-order valence-electron chi connectivity index (χ0n) is 8.10. The summed E-state index contributed by atoms with van der Waals surface area (Å²) < 4.78 is 0. The summed E-state index contributed by atoms with van der Waals surface area (Å²) in [5.74, 6) is 0. The molecule has 0 unspecified atom stereocenters. The van der Waals surface area contributed by atoms with Crippen LogP contribution in [-0.4, -0.2) is 0 Å². The number of rotatable bonds is 0. The molecule has 2 aromatic carbocycles. The van der Waals surface area contributed by atoms with Crippen LogP contribution in [0.25, 0.3) is 0 Å². The Balaban J connectivity index is 0. The van der Waals surface area contributed by atoms with E-state index in [1.807, 2.05) is 60.7 Å². The quantitative estimate of drug-likeness (QED) is 0.331. The van der Waals surface area contributed by atoms with E-state index in [4.69, 9.17) is 37.7 Å². The topological polar surface area (TPSA) is 0 Å². The normalized spacial score (nSPS) is 7.25. The standard InChI is InChI=1S/2C5H5.4ClH.2W/c2*1-2-4-5-3-1;;;;;;/h2*1-5H;4*1H;;/q2*-1;;;;;2*+2/p-4. The van der Waals surface area contributed by atoms with E-state index in [-0.39, 0.29) is 0 Å². The predicted octanol–water partition coefficient (Wildman–Crippen LogP) is 5.56. The van der Waals surface area contributed by atoms with Gasteiger partial charge in [0, 0.05) is 0 Å². The van der Waals surface area contributed by atoms with Gasteiger partial charge < -0.3 is 0 Å². The summed E-state index contributed by atoms with van der Waals surface area (Å²) in [4.78, 5) is 0. The molecule has 2 aromatic rings. The van der Waals surface area contributed by atoms with Gasteiger partial charge in [-0.2, -0.15) is 36.4 Å². The Hall–Kier alpha value is 1.24. The molecule has 0 spiro atoms. The fourth-order valence-corrected chi connectivity index (χ4v) is 0.642. The largest absolute Gasteiger partial charge is 0.214 e. The van der Waals surface area contributed by atoms with Gasteiger partial charge in [-0.25, -0.2) is 24.3 Å². The molecule has 92 valence electrons. The van der Waals surface area contributed by atoms with Crippen LogP contribution in [0, 0.1) is 0 Å². The molecule has 0 fully saturated rings. The van der Waals surface area contributed by atoms with Gasteiger partial charge >= 0.3 is 70.6 Å². The van der Waals surface area contributed by atoms with E-state index in [0.29, 0.717) is 0 Å². The molecular weight excluding hydrogens is 630 g/mol. The maximum absolute atomic E-state index is 4.93. The van der Waals surface area contributed by atoms with Gasteiger partial charge in [-0.3, -0.25) is 0 Å². The van der Waals surface area contributed by atoms with E-state index in [9.17, 15) is 0 Å². The molecule has 0 bridgehead atoms. The molecule has 0 aromatic heterocycles. The van der Waals surface area contributed by atoms with Crippen LogP contribution in [0.2, 0.25) is 0 Å². The monoisotopic (exact) mass is 638 g/mol. The summed E-state index contributed by atoms with van der Waals surface area (Å²) in [5, 5.41) is 0. The van der Waals surface area contributed by atoms with Crippen LogP contribution in [0.4, 0.5) is 0 Å². The molecule has 0 saturated heterocycles. The van der Waals surface area contributed by atoms with Gasteiger partial charge in [0.1, 0.15) is 0 Å². The van der Waals surface area contributed by atoms with Gasteiger partial charge in [-0.05, 0) is 0 Å². The van der Waals surface area contributed by atoms with Crippen molar-refractivity contribution in [2.24, 2.45) is 0 Å². The van der Waals surface area contributed by atoms with Gasteiger partial charge in [0.15, 0.2) is 0 Å². The molecule has 0 radical (unpaired) electrons. The van der Waals surface area contributed by atoms with E-state index in [1.54, 1.807) is 0 Å². The number of hydrogen-bond donors (Lipinski definition) is 0. The zero-order chi connectivity index (χ0) is 12.5. The smallest absolute Gasteiger partial charge is 0.172 e. The Kier molecular flexibility index (Phi) is 26.3. The molecule has 6 heteroatoms. The van der Waals surface area contributed by atoms with Gasteiger partial charge in [-0.1, -0.05) is 0 Å². The Morgan fingerprint density at radius 3 is 0.812 bits per heavy atom. The zero-order valence-corrected chi connectivity index (χ0v) is 17.0. The average Bonchev–Trinajstić information content (AvgIpc) is 3.00. The van der Waals surface area contributed by atoms with Crippen LogP contribution in [0.15, 0.2) is 60.7 Å². The summed E-state index contributed by atoms with van der Waals surface area (Å²) in [6.07, 6.45) is 0. The second-order valence-electron chi connectivity index (χ2n) is 2.04. The Morgan fingerprint density at radius 2 is 0.750 bits per heavy atom. The van der Waals surface area contributed by atoms with E-state index < -0.39 is 33.0 Å². The molecule has 0 atom stereocenters. The Morgan fingerprint density at radius 1 is 0.562 bits per heavy atom. The molecule has 0 nitrogen and oxygen atoms in total. The van der Waals surface area contributed by atoms with Crippen molar-refractivity contribution in [1.29, 1.82) is 0 Å². The minimum Gasteiger partial charge on any atom is -0.214 e. The van der Waals surface area contributed by atoms with Gasteiger partial charge in [0.05, 0.1) is 0 Å². The van der Waals surface area contributed by atoms with E-state index in [2.05, 4.69) is 0 Å². The van der Waals surface area contributed by atoms with Crippen LogP contribution < -0.4 is 0 Å². The van der Waals surface area contributed by atoms with Crippen LogP contribution in [0.5, 0.6) is 0 Å². The van der Waals surface area contributed by atoms with Crippen molar-refractivity contribution in [3.8, 4) is 0 Å². The molecule has 0 saturated carbocycles. The van der Waals surface area contributed by atoms with E-state index >= 15 is 0 Å². The third kappa shape index (κ3) is 24.5. The SMILES string of the molecule is [Cl][W][Cl].[Cl][W][Cl].c1cc[cH-]c1.c1cc[cH-]c1. The number of hydrogen-bond acceptors (Lipinski definition) is 0. The summed E-state index contributed by atoms with van der Waals surface area (Å²) in [7, 11) is 19.7. The molecule has 16 heavy (non-hydrogen) atoms. The minimum atomic E-state index is -0.806. The first kappa shape index (κ1) is 19.6. The van der Waals surface area contributed by atoms with Gasteiger partial charge in [-0.15, -0.1) is 0 Å². The molecule has 0 aliphatic rings. The molecule has 0 amide bonds. The van der Waals surface area contributed by atoms with E-state index in [1.165, 1.54) is 0 Å². The third-order valence-electron chi connectivity index (χ3n) is 1.11. The third-order valence-corrected chi connectivity index (χ3v) is 1.11. The molecular formula is C10H10Cl4W2-2. The summed E-state index contributed by atoms with van der Waals surface area (Å²) in [6, 6.07) is 20.0. The van der Waals surface area contributed by atoms with Crippen molar-refractivity contribution in [1.82, 2.24) is 0 Å². The van der Waals surface area contributed by atoms with Crippen LogP contribution in [0.1, 0.15) is 0 Å². The molecule has 0 aliphatic carbocycles. The second kappa shape index (κ2) is 21.5. The maximum atomic E-state index is 4.93. The summed E-state index contributed by atoms with van der Waals surface area (Å²) >= 11 is -1.61. The molecule has 0 aliphatic heterocycles. The van der Waals surface area contributed by atoms with E-state index in [0.717, 1.165) is 0 Å². The Labute approximate surface area is 130 Å². The first-order chi connectivity index (χ1) is 7.83. The number of halogens is 4. The van der Waals surface area contributed by atoms with Crippen LogP contribution in [-0.2, 0) is 33.0 Å². The second-order valence-corrected chi connectivity index (χ2v) is 10.5. The maximum Gasteiger partial charge on any atom is -0.172 e. The summed E-state index contributed by atoms with van der Waals surface area (Å²) in [6.45, 7) is 0. The van der Waals surface area contributed by atoms with Crippen molar-refractivity contribution >= 4 is 37.7 Å². The predicted molar refractivity (Wildman–Crippen MR) is 67.5 cm³/mol. The van der Waals surface area contributed by atoms with Crippen LogP contribution in [0.3, 0.4) is 0 Å². The average molecular weight is 640 g/mol. The molecule has 2 rings (SSSR count). The van der Waals surface area contributed by atoms with Crippen molar-refractivity contribution < 1.29 is 33.0 Å².